The normalized spacial score (nSPS) is 11.3. The molecule has 156 valence electrons. The highest BCUT2D eigenvalue weighted by atomic mass is 35.5. The average Bonchev–Trinajstić information content (AvgIpc) is 3.34. The van der Waals surface area contributed by atoms with Gasteiger partial charge in [-0.05, 0) is 48.8 Å². The van der Waals surface area contributed by atoms with Crippen LogP contribution in [0.5, 0.6) is 5.75 Å². The van der Waals surface area contributed by atoms with Crippen LogP contribution in [0.15, 0.2) is 35.1 Å². The zero-order chi connectivity index (χ0) is 21.1. The molecule has 0 unspecified atom stereocenters. The number of hydrogen-bond acceptors (Lipinski definition) is 8. The molecule has 4 aromatic rings. The van der Waals surface area contributed by atoms with E-state index < -0.39 is 0 Å². The van der Waals surface area contributed by atoms with E-state index in [0.29, 0.717) is 53.2 Å². The monoisotopic (exact) mass is 427 g/mol. The van der Waals surface area contributed by atoms with E-state index in [1.807, 2.05) is 35.8 Å². The number of ether oxygens (including phenoxy) is 1. The molecule has 0 aliphatic rings. The SMILES string of the molecule is CCn1c(-c2nonc2N)nc2c(-c3cccc(Cl)c3)ncc(OCCCCN)c21. The number of hydrogen-bond donors (Lipinski definition) is 2. The van der Waals surface area contributed by atoms with Crippen LogP contribution in [-0.2, 0) is 6.54 Å². The molecule has 0 amide bonds. The second-order valence-electron chi connectivity index (χ2n) is 6.70. The fraction of sp³-hybridized carbons (Fsp3) is 0.300. The van der Waals surface area contributed by atoms with Gasteiger partial charge in [-0.25, -0.2) is 14.6 Å². The first kappa shape index (κ1) is 20.1. The number of nitrogens with zero attached hydrogens (tertiary/aromatic N) is 5. The summed E-state index contributed by atoms with van der Waals surface area (Å²) >= 11 is 6.21. The number of aromatic nitrogens is 5. The van der Waals surface area contributed by atoms with Gasteiger partial charge in [-0.1, -0.05) is 23.7 Å². The predicted molar refractivity (Wildman–Crippen MR) is 115 cm³/mol. The zero-order valence-corrected chi connectivity index (χ0v) is 17.3. The van der Waals surface area contributed by atoms with Crippen LogP contribution >= 0.6 is 11.6 Å². The highest BCUT2D eigenvalue weighted by molar-refractivity contribution is 6.30. The fourth-order valence-electron chi connectivity index (χ4n) is 3.33. The molecule has 0 aliphatic carbocycles. The minimum atomic E-state index is 0.169. The Balaban J connectivity index is 1.92. The van der Waals surface area contributed by atoms with Crippen LogP contribution in [0.25, 0.3) is 33.8 Å². The number of aryl methyl sites for hydroxylation is 1. The molecule has 0 bridgehead atoms. The number of anilines is 1. The van der Waals surface area contributed by atoms with Crippen molar-refractivity contribution in [2.24, 2.45) is 5.73 Å². The van der Waals surface area contributed by atoms with Crippen molar-refractivity contribution < 1.29 is 9.37 Å². The van der Waals surface area contributed by atoms with Crippen molar-refractivity contribution in [2.45, 2.75) is 26.3 Å². The topological polar surface area (TPSA) is 131 Å². The Morgan fingerprint density at radius 1 is 1.20 bits per heavy atom. The molecule has 3 aromatic heterocycles. The molecule has 30 heavy (non-hydrogen) atoms. The second kappa shape index (κ2) is 8.68. The summed E-state index contributed by atoms with van der Waals surface area (Å²) in [7, 11) is 0. The lowest BCUT2D eigenvalue weighted by Gasteiger charge is -2.12. The van der Waals surface area contributed by atoms with Crippen molar-refractivity contribution in [2.75, 3.05) is 18.9 Å². The molecule has 0 atom stereocenters. The van der Waals surface area contributed by atoms with Gasteiger partial charge in [0.15, 0.2) is 23.1 Å². The van der Waals surface area contributed by atoms with Gasteiger partial charge in [-0.3, -0.25) is 0 Å². The molecule has 3 heterocycles. The van der Waals surface area contributed by atoms with E-state index >= 15 is 0 Å². The van der Waals surface area contributed by atoms with E-state index in [1.54, 1.807) is 6.20 Å². The first-order valence-electron chi connectivity index (χ1n) is 9.70. The zero-order valence-electron chi connectivity index (χ0n) is 16.5. The smallest absolute Gasteiger partial charge is 0.199 e. The van der Waals surface area contributed by atoms with Crippen molar-refractivity contribution in [1.82, 2.24) is 24.8 Å². The highest BCUT2D eigenvalue weighted by Crippen LogP contribution is 2.37. The van der Waals surface area contributed by atoms with Crippen LogP contribution in [-0.4, -0.2) is 38.0 Å². The molecule has 4 N–H and O–H groups in total. The van der Waals surface area contributed by atoms with E-state index in [1.165, 1.54) is 0 Å². The molecule has 0 saturated carbocycles. The minimum absolute atomic E-state index is 0.169. The molecule has 9 nitrogen and oxygen atoms in total. The van der Waals surface area contributed by atoms with E-state index in [9.17, 15) is 0 Å². The van der Waals surface area contributed by atoms with Crippen molar-refractivity contribution in [3.63, 3.8) is 0 Å². The maximum Gasteiger partial charge on any atom is 0.199 e. The summed E-state index contributed by atoms with van der Waals surface area (Å²) in [6, 6.07) is 7.47. The number of fused-ring (bicyclic) bond motifs is 1. The lowest BCUT2D eigenvalue weighted by molar-refractivity contribution is 0.308. The van der Waals surface area contributed by atoms with Gasteiger partial charge in [-0.2, -0.15) is 0 Å². The number of benzene rings is 1. The van der Waals surface area contributed by atoms with Crippen LogP contribution in [0.3, 0.4) is 0 Å². The summed E-state index contributed by atoms with van der Waals surface area (Å²) in [6.45, 7) is 3.77. The van der Waals surface area contributed by atoms with Gasteiger partial charge in [0.25, 0.3) is 0 Å². The Labute approximate surface area is 178 Å². The Morgan fingerprint density at radius 3 is 2.77 bits per heavy atom. The molecule has 0 fully saturated rings. The standard InChI is InChI=1S/C20H22ClN7O2/c1-2-28-18-14(29-9-4-3-8-22)11-24-15(12-6-5-7-13(21)10-12)16(18)25-20(28)17-19(23)27-30-26-17/h5-7,10-11H,2-4,8-9,22H2,1H3,(H2,23,27). The predicted octanol–water partition coefficient (Wildman–Crippen LogP) is 3.52. The lowest BCUT2D eigenvalue weighted by Crippen LogP contribution is -2.06. The van der Waals surface area contributed by atoms with Crippen LogP contribution in [0.1, 0.15) is 19.8 Å². The lowest BCUT2D eigenvalue weighted by atomic mass is 10.1. The fourth-order valence-corrected chi connectivity index (χ4v) is 3.52. The maximum absolute atomic E-state index is 6.21. The Kier molecular flexibility index (Phi) is 5.82. The highest BCUT2D eigenvalue weighted by Gasteiger charge is 2.24. The van der Waals surface area contributed by atoms with E-state index in [4.69, 9.17) is 37.4 Å². The minimum Gasteiger partial charge on any atom is -0.490 e. The van der Waals surface area contributed by atoms with Gasteiger partial charge < -0.3 is 20.8 Å². The Hall–Kier alpha value is -3.17. The average molecular weight is 428 g/mol. The molecule has 1 aromatic carbocycles. The summed E-state index contributed by atoms with van der Waals surface area (Å²) in [5, 5.41) is 8.23. The van der Waals surface area contributed by atoms with Crippen LogP contribution in [0.2, 0.25) is 5.02 Å². The van der Waals surface area contributed by atoms with Gasteiger partial charge in [0.1, 0.15) is 11.0 Å². The second-order valence-corrected chi connectivity index (χ2v) is 7.14. The van der Waals surface area contributed by atoms with Gasteiger partial charge in [0, 0.05) is 17.1 Å². The molecule has 0 radical (unpaired) electrons. The van der Waals surface area contributed by atoms with Crippen molar-refractivity contribution in [1.29, 1.82) is 0 Å². The van der Waals surface area contributed by atoms with Gasteiger partial charge in [0.05, 0.1) is 18.5 Å². The van der Waals surface area contributed by atoms with Crippen LogP contribution in [0, 0.1) is 0 Å². The molecular formula is C20H22ClN7O2. The van der Waals surface area contributed by atoms with Crippen LogP contribution in [0.4, 0.5) is 5.82 Å². The first-order valence-corrected chi connectivity index (χ1v) is 10.1. The van der Waals surface area contributed by atoms with Crippen molar-refractivity contribution >= 4 is 28.5 Å². The third-order valence-corrected chi connectivity index (χ3v) is 4.97. The molecule has 0 saturated heterocycles. The number of unbranched alkanes of at least 4 members (excludes halogenated alkanes) is 1. The van der Waals surface area contributed by atoms with Gasteiger partial charge in [-0.15, -0.1) is 0 Å². The van der Waals surface area contributed by atoms with E-state index in [0.717, 1.165) is 23.9 Å². The summed E-state index contributed by atoms with van der Waals surface area (Å²) in [6.07, 6.45) is 3.45. The number of rotatable bonds is 8. The molecule has 4 rings (SSSR count). The third kappa shape index (κ3) is 3.69. The van der Waals surface area contributed by atoms with Crippen molar-refractivity contribution in [3.8, 4) is 28.5 Å². The molecule has 10 heteroatoms. The van der Waals surface area contributed by atoms with Gasteiger partial charge >= 0.3 is 0 Å². The summed E-state index contributed by atoms with van der Waals surface area (Å²) < 4.78 is 12.8. The molecular weight excluding hydrogens is 406 g/mol. The Bertz CT molecular complexity index is 1170. The Morgan fingerprint density at radius 2 is 2.07 bits per heavy atom. The third-order valence-electron chi connectivity index (χ3n) is 4.73. The van der Waals surface area contributed by atoms with E-state index in [-0.39, 0.29) is 5.82 Å². The number of nitrogens with two attached hydrogens (primary N) is 2. The molecule has 0 spiro atoms. The summed E-state index contributed by atoms with van der Waals surface area (Å²) in [4.78, 5) is 9.45. The summed E-state index contributed by atoms with van der Waals surface area (Å²) in [5.41, 5.74) is 14.9. The summed E-state index contributed by atoms with van der Waals surface area (Å²) in [5.74, 6) is 1.33. The largest absolute Gasteiger partial charge is 0.490 e. The quantitative estimate of drug-likeness (QED) is 0.408. The molecule has 0 aliphatic heterocycles. The number of pyridine rings is 1. The number of halogens is 1. The number of nitrogen functional groups attached to an aromatic ring is 1. The van der Waals surface area contributed by atoms with Crippen molar-refractivity contribution in [3.05, 3.63) is 35.5 Å². The van der Waals surface area contributed by atoms with Gasteiger partial charge in [0.2, 0.25) is 0 Å². The first-order chi connectivity index (χ1) is 14.6. The maximum atomic E-state index is 6.21. The number of imidazole rings is 1. The van der Waals surface area contributed by atoms with E-state index in [2.05, 4.69) is 15.3 Å². The van der Waals surface area contributed by atoms with Crippen LogP contribution < -0.4 is 16.2 Å².